The Morgan fingerprint density at radius 1 is 0.643 bits per heavy atom. The molecule has 0 aromatic carbocycles. The molecule has 0 heterocycles. The van der Waals surface area contributed by atoms with Crippen LogP contribution in [0.5, 0.6) is 0 Å². The summed E-state index contributed by atoms with van der Waals surface area (Å²) < 4.78 is 0. The van der Waals surface area contributed by atoms with Gasteiger partial charge in [-0.05, 0) is 38.5 Å². The molecule has 0 fully saturated rings. The minimum Gasteiger partial charge on any atom is -0.0713 e. The van der Waals surface area contributed by atoms with Gasteiger partial charge in [-0.15, -0.1) is 0 Å². The first-order chi connectivity index (χ1) is 6.79. The van der Waals surface area contributed by atoms with Crippen molar-refractivity contribution in [2.45, 2.75) is 79.1 Å². The van der Waals surface area contributed by atoms with E-state index >= 15 is 0 Å². The Balaban J connectivity index is 4.22. The monoisotopic (exact) mass is 196 g/mol. The molecule has 0 atom stereocenters. The lowest BCUT2D eigenvalue weighted by Crippen LogP contribution is -1.92. The summed E-state index contributed by atoms with van der Waals surface area (Å²) in [6.45, 7) is 9.19. The molecule has 0 N–H and O–H groups in total. The maximum absolute atomic E-state index is 2.31. The van der Waals surface area contributed by atoms with E-state index < -0.39 is 0 Å². The third kappa shape index (κ3) is 5.47. The van der Waals surface area contributed by atoms with Crippen LogP contribution in [0.15, 0.2) is 11.1 Å². The fourth-order valence-corrected chi connectivity index (χ4v) is 1.99. The van der Waals surface area contributed by atoms with Crippen molar-refractivity contribution in [2.24, 2.45) is 0 Å². The van der Waals surface area contributed by atoms with Gasteiger partial charge in [0.2, 0.25) is 0 Å². The number of allylic oxidation sites excluding steroid dienone is 2. The van der Waals surface area contributed by atoms with Crippen molar-refractivity contribution in [3.63, 3.8) is 0 Å². The first-order valence-corrected chi connectivity index (χ1v) is 6.49. The van der Waals surface area contributed by atoms with Gasteiger partial charge >= 0.3 is 0 Å². The van der Waals surface area contributed by atoms with E-state index in [9.17, 15) is 0 Å². The van der Waals surface area contributed by atoms with E-state index in [4.69, 9.17) is 0 Å². The molecular formula is C14H28. The summed E-state index contributed by atoms with van der Waals surface area (Å²) >= 11 is 0. The molecule has 0 heteroatoms. The molecule has 84 valence electrons. The molecule has 14 heavy (non-hydrogen) atoms. The van der Waals surface area contributed by atoms with Crippen molar-refractivity contribution < 1.29 is 0 Å². The molecule has 0 rings (SSSR count). The molecule has 0 saturated carbocycles. The van der Waals surface area contributed by atoms with Crippen molar-refractivity contribution in [2.75, 3.05) is 0 Å². The van der Waals surface area contributed by atoms with Gasteiger partial charge in [-0.2, -0.15) is 0 Å². The standard InChI is InChI=1S/C14H28/c1-5-9-11-13(7-3)14(8-4)12-10-6-2/h5-12H2,1-4H3/b14-13-. The summed E-state index contributed by atoms with van der Waals surface area (Å²) in [5.41, 5.74) is 3.51. The lowest BCUT2D eigenvalue weighted by molar-refractivity contribution is 0.711. The molecule has 0 unspecified atom stereocenters. The highest BCUT2D eigenvalue weighted by Gasteiger charge is 2.02. The third-order valence-corrected chi connectivity index (χ3v) is 3.02. The lowest BCUT2D eigenvalue weighted by atomic mass is 9.94. The van der Waals surface area contributed by atoms with Crippen LogP contribution in [-0.2, 0) is 0 Å². The minimum absolute atomic E-state index is 1.27. The van der Waals surface area contributed by atoms with Gasteiger partial charge in [-0.1, -0.05) is 51.7 Å². The molecule has 0 aliphatic heterocycles. The van der Waals surface area contributed by atoms with E-state index in [1.54, 1.807) is 11.1 Å². The summed E-state index contributed by atoms with van der Waals surface area (Å²) in [6.07, 6.45) is 10.6. The number of unbranched alkanes of at least 4 members (excludes halogenated alkanes) is 2. The predicted octanol–water partition coefficient (Wildman–Crippen LogP) is 5.48. The Morgan fingerprint density at radius 3 is 1.21 bits per heavy atom. The maximum Gasteiger partial charge on any atom is -0.0318 e. The molecule has 0 radical (unpaired) electrons. The second kappa shape index (κ2) is 9.30. The van der Waals surface area contributed by atoms with Gasteiger partial charge < -0.3 is 0 Å². The van der Waals surface area contributed by atoms with Crippen molar-refractivity contribution in [3.8, 4) is 0 Å². The molecule has 0 spiro atoms. The van der Waals surface area contributed by atoms with Gasteiger partial charge in [0.15, 0.2) is 0 Å². The molecule has 0 aromatic heterocycles. The highest BCUT2D eigenvalue weighted by Crippen LogP contribution is 2.22. The van der Waals surface area contributed by atoms with Crippen LogP contribution in [0.25, 0.3) is 0 Å². The van der Waals surface area contributed by atoms with Crippen LogP contribution >= 0.6 is 0 Å². The van der Waals surface area contributed by atoms with Crippen molar-refractivity contribution in [1.29, 1.82) is 0 Å². The zero-order valence-corrected chi connectivity index (χ0v) is 10.7. The SMILES string of the molecule is CCCC/C(CC)=C(/CC)CCCC. The molecular weight excluding hydrogens is 168 g/mol. The van der Waals surface area contributed by atoms with Crippen LogP contribution in [0.2, 0.25) is 0 Å². The van der Waals surface area contributed by atoms with Crippen LogP contribution < -0.4 is 0 Å². The van der Waals surface area contributed by atoms with Crippen LogP contribution in [0, 0.1) is 0 Å². The molecule has 0 nitrogen and oxygen atoms in total. The predicted molar refractivity (Wildman–Crippen MR) is 66.7 cm³/mol. The zero-order valence-electron chi connectivity index (χ0n) is 10.7. The van der Waals surface area contributed by atoms with Gasteiger partial charge in [0.1, 0.15) is 0 Å². The van der Waals surface area contributed by atoms with Crippen molar-refractivity contribution >= 4 is 0 Å². The average Bonchev–Trinajstić information content (AvgIpc) is 2.23. The van der Waals surface area contributed by atoms with Gasteiger partial charge in [-0.3, -0.25) is 0 Å². The van der Waals surface area contributed by atoms with E-state index in [1.807, 2.05) is 0 Å². The Hall–Kier alpha value is -0.260. The lowest BCUT2D eigenvalue weighted by Gasteiger charge is -2.12. The van der Waals surface area contributed by atoms with E-state index in [1.165, 1.54) is 51.4 Å². The average molecular weight is 196 g/mol. The summed E-state index contributed by atoms with van der Waals surface area (Å²) in [4.78, 5) is 0. The molecule has 0 aliphatic carbocycles. The quantitative estimate of drug-likeness (QED) is 0.451. The van der Waals surface area contributed by atoms with Crippen LogP contribution in [0.1, 0.15) is 79.1 Å². The van der Waals surface area contributed by atoms with Crippen LogP contribution in [0.3, 0.4) is 0 Å². The molecule has 0 bridgehead atoms. The largest absolute Gasteiger partial charge is 0.0713 e. The molecule has 0 amide bonds. The van der Waals surface area contributed by atoms with Gasteiger partial charge in [0.25, 0.3) is 0 Å². The Bertz CT molecular complexity index is 135. The maximum atomic E-state index is 2.31. The Morgan fingerprint density at radius 2 is 1.00 bits per heavy atom. The van der Waals surface area contributed by atoms with E-state index in [0.29, 0.717) is 0 Å². The molecule has 0 aliphatic rings. The summed E-state index contributed by atoms with van der Waals surface area (Å²) in [7, 11) is 0. The number of hydrogen-bond donors (Lipinski definition) is 0. The first-order valence-electron chi connectivity index (χ1n) is 6.49. The van der Waals surface area contributed by atoms with Gasteiger partial charge in [0.05, 0.1) is 0 Å². The molecule has 0 aromatic rings. The summed E-state index contributed by atoms with van der Waals surface area (Å²) in [6, 6.07) is 0. The highest BCUT2D eigenvalue weighted by atomic mass is 14.1. The van der Waals surface area contributed by atoms with E-state index in [0.717, 1.165) is 0 Å². The van der Waals surface area contributed by atoms with E-state index in [2.05, 4.69) is 27.7 Å². The Labute approximate surface area is 90.8 Å². The second-order valence-corrected chi connectivity index (χ2v) is 4.12. The van der Waals surface area contributed by atoms with Crippen molar-refractivity contribution in [1.82, 2.24) is 0 Å². The fourth-order valence-electron chi connectivity index (χ4n) is 1.99. The van der Waals surface area contributed by atoms with E-state index in [-0.39, 0.29) is 0 Å². The molecule has 0 saturated heterocycles. The normalized spacial score (nSPS) is 12.9. The minimum atomic E-state index is 1.27. The van der Waals surface area contributed by atoms with Crippen LogP contribution in [-0.4, -0.2) is 0 Å². The zero-order chi connectivity index (χ0) is 10.8. The smallest absolute Gasteiger partial charge is 0.0318 e. The Kier molecular flexibility index (Phi) is 9.13. The fraction of sp³-hybridized carbons (Fsp3) is 0.857. The van der Waals surface area contributed by atoms with Crippen LogP contribution in [0.4, 0.5) is 0 Å². The van der Waals surface area contributed by atoms with Crippen molar-refractivity contribution in [3.05, 3.63) is 11.1 Å². The third-order valence-electron chi connectivity index (χ3n) is 3.02. The van der Waals surface area contributed by atoms with Gasteiger partial charge in [0, 0.05) is 0 Å². The summed E-state index contributed by atoms with van der Waals surface area (Å²) in [5, 5.41) is 0. The number of hydrogen-bond acceptors (Lipinski definition) is 0. The van der Waals surface area contributed by atoms with Gasteiger partial charge in [-0.25, -0.2) is 0 Å². The summed E-state index contributed by atoms with van der Waals surface area (Å²) in [5.74, 6) is 0. The first kappa shape index (κ1) is 13.7. The highest BCUT2D eigenvalue weighted by molar-refractivity contribution is 5.13. The number of rotatable bonds is 8. The second-order valence-electron chi connectivity index (χ2n) is 4.12. The topological polar surface area (TPSA) is 0 Å².